The number of amides is 3. The van der Waals surface area contributed by atoms with Gasteiger partial charge in [-0.1, -0.05) is 19.1 Å². The van der Waals surface area contributed by atoms with Gasteiger partial charge >= 0.3 is 6.03 Å². The summed E-state index contributed by atoms with van der Waals surface area (Å²) in [5.41, 5.74) is 5.90. The highest BCUT2D eigenvalue weighted by Crippen LogP contribution is 2.14. The minimum Gasteiger partial charge on any atom is -0.497 e. The van der Waals surface area contributed by atoms with Crippen LogP contribution in [0.2, 0.25) is 0 Å². The first kappa shape index (κ1) is 17.8. The third-order valence-electron chi connectivity index (χ3n) is 3.10. The monoisotopic (exact) mass is 307 g/mol. The van der Waals surface area contributed by atoms with Crippen LogP contribution in [0.5, 0.6) is 5.75 Å². The van der Waals surface area contributed by atoms with Crippen molar-refractivity contribution >= 4 is 11.9 Å². The molecule has 0 aromatic heterocycles. The number of hydrogen-bond acceptors (Lipinski definition) is 3. The summed E-state index contributed by atoms with van der Waals surface area (Å²) in [4.78, 5) is 22.8. The van der Waals surface area contributed by atoms with Crippen molar-refractivity contribution in [2.45, 2.75) is 39.0 Å². The Morgan fingerprint density at radius 1 is 1.18 bits per heavy atom. The minimum absolute atomic E-state index is 0.183. The second-order valence-electron chi connectivity index (χ2n) is 4.99. The second-order valence-corrected chi connectivity index (χ2v) is 4.99. The smallest absolute Gasteiger partial charge is 0.333 e. The van der Waals surface area contributed by atoms with Gasteiger partial charge < -0.3 is 10.1 Å². The molecule has 122 valence electrons. The summed E-state index contributed by atoms with van der Waals surface area (Å²) >= 11 is 0. The van der Waals surface area contributed by atoms with Crippen molar-refractivity contribution in [3.63, 3.8) is 0 Å². The van der Waals surface area contributed by atoms with Gasteiger partial charge in [0.1, 0.15) is 5.75 Å². The van der Waals surface area contributed by atoms with E-state index in [1.807, 2.05) is 31.2 Å². The molecule has 0 aliphatic carbocycles. The van der Waals surface area contributed by atoms with Gasteiger partial charge in [0.2, 0.25) is 5.91 Å². The summed E-state index contributed by atoms with van der Waals surface area (Å²) in [5.74, 6) is 0.662. The molecule has 0 spiro atoms. The van der Waals surface area contributed by atoms with E-state index in [0.29, 0.717) is 13.0 Å². The molecule has 0 heterocycles. The molecule has 3 amide bonds. The maximum Gasteiger partial charge on any atom is 0.333 e. The first-order valence-corrected chi connectivity index (χ1v) is 7.61. The van der Waals surface area contributed by atoms with Gasteiger partial charge in [-0.15, -0.1) is 0 Å². The molecule has 0 aliphatic rings. The van der Waals surface area contributed by atoms with Crippen molar-refractivity contribution in [3.05, 3.63) is 29.8 Å². The van der Waals surface area contributed by atoms with Gasteiger partial charge in [0, 0.05) is 13.0 Å². The van der Waals surface area contributed by atoms with Crippen LogP contribution >= 0.6 is 0 Å². The predicted octanol–water partition coefficient (Wildman–Crippen LogP) is 2.15. The highest BCUT2D eigenvalue weighted by Gasteiger charge is 2.04. The van der Waals surface area contributed by atoms with Crippen molar-refractivity contribution in [2.75, 3.05) is 13.7 Å². The maximum atomic E-state index is 11.6. The Morgan fingerprint density at radius 2 is 2.00 bits per heavy atom. The zero-order valence-corrected chi connectivity index (χ0v) is 13.3. The average molecular weight is 307 g/mol. The number of nitrogens with one attached hydrogen (secondary N) is 3. The van der Waals surface area contributed by atoms with Gasteiger partial charge in [-0.25, -0.2) is 10.2 Å². The lowest BCUT2D eigenvalue weighted by atomic mass is 10.1. The third kappa shape index (κ3) is 7.52. The van der Waals surface area contributed by atoms with Gasteiger partial charge in [-0.3, -0.25) is 10.2 Å². The summed E-state index contributed by atoms with van der Waals surface area (Å²) in [7, 11) is 1.65. The Kier molecular flexibility index (Phi) is 8.49. The number of hydrazine groups is 1. The SMILES string of the molecule is CCCNC(=O)NNC(=O)CCCCc1cccc(OC)c1. The van der Waals surface area contributed by atoms with E-state index in [9.17, 15) is 9.59 Å². The quantitative estimate of drug-likeness (QED) is 0.508. The van der Waals surface area contributed by atoms with Gasteiger partial charge in [-0.2, -0.15) is 0 Å². The molecule has 3 N–H and O–H groups in total. The standard InChI is InChI=1S/C16H25N3O3/c1-3-11-17-16(21)19-18-15(20)10-5-4-7-13-8-6-9-14(12-13)22-2/h6,8-9,12H,3-5,7,10-11H2,1-2H3,(H,18,20)(H2,17,19,21). The van der Waals surface area contributed by atoms with Crippen LogP contribution < -0.4 is 20.9 Å². The number of aryl methyl sites for hydroxylation is 1. The predicted molar refractivity (Wildman–Crippen MR) is 85.5 cm³/mol. The molecular weight excluding hydrogens is 282 g/mol. The van der Waals surface area contributed by atoms with E-state index >= 15 is 0 Å². The average Bonchev–Trinajstić information content (AvgIpc) is 2.55. The van der Waals surface area contributed by atoms with Crippen LogP contribution in [0.3, 0.4) is 0 Å². The lowest BCUT2D eigenvalue weighted by molar-refractivity contribution is -0.121. The fraction of sp³-hybridized carbons (Fsp3) is 0.500. The Labute approximate surface area is 131 Å². The molecule has 1 aromatic rings. The van der Waals surface area contributed by atoms with Gasteiger partial charge in [0.25, 0.3) is 0 Å². The van der Waals surface area contributed by atoms with Crippen molar-refractivity contribution in [3.8, 4) is 5.75 Å². The van der Waals surface area contributed by atoms with E-state index in [4.69, 9.17) is 4.74 Å². The van der Waals surface area contributed by atoms with Gasteiger partial charge in [0.05, 0.1) is 7.11 Å². The number of benzene rings is 1. The summed E-state index contributed by atoms with van der Waals surface area (Å²) in [6.07, 6.45) is 3.81. The molecule has 0 saturated carbocycles. The van der Waals surface area contributed by atoms with E-state index in [-0.39, 0.29) is 11.9 Å². The molecule has 0 bridgehead atoms. The number of hydrogen-bond donors (Lipinski definition) is 3. The van der Waals surface area contributed by atoms with Crippen LogP contribution in [0.1, 0.15) is 38.2 Å². The number of carbonyl (C=O) groups is 2. The van der Waals surface area contributed by atoms with Gasteiger partial charge in [-0.05, 0) is 43.4 Å². The van der Waals surface area contributed by atoms with Crippen LogP contribution in [-0.2, 0) is 11.2 Å². The molecule has 0 unspecified atom stereocenters. The lowest BCUT2D eigenvalue weighted by Gasteiger charge is -2.08. The first-order valence-electron chi connectivity index (χ1n) is 7.61. The molecule has 0 radical (unpaired) electrons. The second kappa shape index (κ2) is 10.5. The molecule has 1 rings (SSSR count). The number of unbranched alkanes of at least 4 members (excludes halogenated alkanes) is 1. The van der Waals surface area contributed by atoms with Crippen LogP contribution in [0.25, 0.3) is 0 Å². The summed E-state index contributed by atoms with van der Waals surface area (Å²) in [6.45, 7) is 2.55. The van der Waals surface area contributed by atoms with E-state index in [0.717, 1.165) is 31.4 Å². The molecule has 0 saturated heterocycles. The van der Waals surface area contributed by atoms with E-state index in [2.05, 4.69) is 16.2 Å². The number of methoxy groups -OCH3 is 1. The molecule has 6 nitrogen and oxygen atoms in total. The van der Waals surface area contributed by atoms with Crippen LogP contribution in [0.4, 0.5) is 4.79 Å². The minimum atomic E-state index is -0.383. The zero-order valence-electron chi connectivity index (χ0n) is 13.3. The Morgan fingerprint density at radius 3 is 2.73 bits per heavy atom. The maximum absolute atomic E-state index is 11.6. The number of carbonyl (C=O) groups excluding carboxylic acids is 2. The van der Waals surface area contributed by atoms with Crippen molar-refractivity contribution in [1.29, 1.82) is 0 Å². The Bertz CT molecular complexity index is 477. The fourth-order valence-corrected chi connectivity index (χ4v) is 1.91. The third-order valence-corrected chi connectivity index (χ3v) is 3.10. The first-order chi connectivity index (χ1) is 10.7. The van der Waals surface area contributed by atoms with Crippen molar-refractivity contribution in [2.24, 2.45) is 0 Å². The number of urea groups is 1. The molecular formula is C16H25N3O3. The largest absolute Gasteiger partial charge is 0.497 e. The molecule has 6 heteroatoms. The zero-order chi connectivity index (χ0) is 16.2. The van der Waals surface area contributed by atoms with E-state index in [1.54, 1.807) is 7.11 Å². The van der Waals surface area contributed by atoms with Crippen LogP contribution in [0, 0.1) is 0 Å². The normalized spacial score (nSPS) is 9.91. The van der Waals surface area contributed by atoms with Crippen molar-refractivity contribution in [1.82, 2.24) is 16.2 Å². The molecule has 0 fully saturated rings. The number of ether oxygens (including phenoxy) is 1. The van der Waals surface area contributed by atoms with E-state index in [1.165, 1.54) is 5.56 Å². The molecule has 1 aromatic carbocycles. The molecule has 0 atom stereocenters. The van der Waals surface area contributed by atoms with Crippen LogP contribution in [0.15, 0.2) is 24.3 Å². The summed E-state index contributed by atoms with van der Waals surface area (Å²) < 4.78 is 5.17. The highest BCUT2D eigenvalue weighted by molar-refractivity contribution is 5.80. The van der Waals surface area contributed by atoms with E-state index < -0.39 is 0 Å². The lowest BCUT2D eigenvalue weighted by Crippen LogP contribution is -2.47. The summed E-state index contributed by atoms with van der Waals surface area (Å²) in [6, 6.07) is 7.53. The van der Waals surface area contributed by atoms with Crippen LogP contribution in [-0.4, -0.2) is 25.6 Å². The van der Waals surface area contributed by atoms with Crippen molar-refractivity contribution < 1.29 is 14.3 Å². The fourth-order valence-electron chi connectivity index (χ4n) is 1.91. The topological polar surface area (TPSA) is 79.5 Å². The Hall–Kier alpha value is -2.24. The molecule has 22 heavy (non-hydrogen) atoms. The summed E-state index contributed by atoms with van der Waals surface area (Å²) in [5, 5.41) is 2.61. The molecule has 0 aliphatic heterocycles. The Balaban J connectivity index is 2.13. The van der Waals surface area contributed by atoms with Gasteiger partial charge in [0.15, 0.2) is 0 Å². The highest BCUT2D eigenvalue weighted by atomic mass is 16.5. The number of rotatable bonds is 8.